The van der Waals surface area contributed by atoms with Crippen LogP contribution < -0.4 is 0 Å². The number of benzene rings is 1. The van der Waals surface area contributed by atoms with Gasteiger partial charge in [0, 0.05) is 5.56 Å². The molecular formula is C21H14FN5O4. The fraction of sp³-hybridized carbons (Fsp3) is 0.0476. The smallest absolute Gasteiger partial charge is 0.241 e. The molecule has 154 valence electrons. The van der Waals surface area contributed by atoms with E-state index in [9.17, 15) is 19.4 Å². The molecule has 1 aromatic carbocycles. The maximum Gasteiger partial charge on any atom is 0.241 e. The molecule has 0 aliphatic rings. The Morgan fingerprint density at radius 1 is 1.16 bits per heavy atom. The number of hydrogen-bond acceptors (Lipinski definition) is 7. The van der Waals surface area contributed by atoms with Gasteiger partial charge in [-0.1, -0.05) is 12.1 Å². The van der Waals surface area contributed by atoms with E-state index in [4.69, 9.17) is 4.42 Å². The zero-order valence-electron chi connectivity index (χ0n) is 16.0. The highest BCUT2D eigenvalue weighted by Crippen LogP contribution is 2.45. The molecule has 5 rings (SSSR count). The summed E-state index contributed by atoms with van der Waals surface area (Å²) in [5.74, 6) is -2.30. The minimum atomic E-state index is -0.729. The van der Waals surface area contributed by atoms with E-state index in [1.165, 1.54) is 36.8 Å². The Hall–Kier alpha value is -4.47. The third kappa shape index (κ3) is 2.76. The normalized spacial score (nSPS) is 11.3. The average molecular weight is 419 g/mol. The van der Waals surface area contributed by atoms with Gasteiger partial charge in [-0.2, -0.15) is 5.10 Å². The Morgan fingerprint density at radius 3 is 2.71 bits per heavy atom. The maximum atomic E-state index is 14.9. The van der Waals surface area contributed by atoms with Crippen LogP contribution in [0.2, 0.25) is 0 Å². The number of aromatic hydroxyl groups is 2. The highest BCUT2D eigenvalue weighted by atomic mass is 19.1. The topological polar surface area (TPSA) is 130 Å². The number of halogens is 1. The lowest BCUT2D eigenvalue weighted by Crippen LogP contribution is -2.06. The predicted molar refractivity (Wildman–Crippen MR) is 107 cm³/mol. The van der Waals surface area contributed by atoms with Crippen LogP contribution in [0.25, 0.3) is 28.1 Å². The Labute approximate surface area is 173 Å². The second-order valence-corrected chi connectivity index (χ2v) is 6.78. The number of fused-ring (bicyclic) bond motifs is 1. The molecule has 0 aliphatic heterocycles. The standard InChI is InChI=1S/C21H14FN5O4/c1-10-6-7-14(31-10)17(28)15-16(11-4-2-3-5-13(11)22)27(21(30)18(15)29)20-12-8-25-26-19(12)23-9-24-20/h2-9,29-30H,1H3,(H,23,24,25,26). The Morgan fingerprint density at radius 2 is 1.97 bits per heavy atom. The van der Waals surface area contributed by atoms with Gasteiger partial charge in [0.1, 0.15) is 17.9 Å². The quantitative estimate of drug-likeness (QED) is 0.380. The molecule has 0 spiro atoms. The number of ketones is 1. The maximum absolute atomic E-state index is 14.9. The van der Waals surface area contributed by atoms with Gasteiger partial charge in [0.15, 0.2) is 23.0 Å². The largest absolute Gasteiger partial charge is 0.503 e. The van der Waals surface area contributed by atoms with Crippen LogP contribution in [0.5, 0.6) is 11.6 Å². The van der Waals surface area contributed by atoms with E-state index >= 15 is 0 Å². The van der Waals surface area contributed by atoms with E-state index in [2.05, 4.69) is 20.2 Å². The third-order valence-corrected chi connectivity index (χ3v) is 4.88. The summed E-state index contributed by atoms with van der Waals surface area (Å²) in [7, 11) is 0. The van der Waals surface area contributed by atoms with Gasteiger partial charge in [0.05, 0.1) is 22.8 Å². The lowest BCUT2D eigenvalue weighted by Gasteiger charge is -2.12. The summed E-state index contributed by atoms with van der Waals surface area (Å²) in [5, 5.41) is 28.5. The first-order valence-corrected chi connectivity index (χ1v) is 9.14. The molecule has 10 heteroatoms. The molecule has 0 bridgehead atoms. The number of nitrogens with zero attached hydrogens (tertiary/aromatic N) is 4. The highest BCUT2D eigenvalue weighted by molar-refractivity contribution is 6.14. The molecule has 31 heavy (non-hydrogen) atoms. The fourth-order valence-corrected chi connectivity index (χ4v) is 3.49. The zero-order chi connectivity index (χ0) is 21.7. The van der Waals surface area contributed by atoms with Crippen LogP contribution in [0.3, 0.4) is 0 Å². The number of hydrogen-bond donors (Lipinski definition) is 3. The summed E-state index contributed by atoms with van der Waals surface area (Å²) in [6, 6.07) is 8.72. The third-order valence-electron chi connectivity index (χ3n) is 4.88. The van der Waals surface area contributed by atoms with E-state index < -0.39 is 23.2 Å². The monoisotopic (exact) mass is 419 g/mol. The van der Waals surface area contributed by atoms with Crippen molar-refractivity contribution < 1.29 is 23.8 Å². The number of aromatic nitrogens is 5. The molecule has 0 saturated heterocycles. The second-order valence-electron chi connectivity index (χ2n) is 6.78. The van der Waals surface area contributed by atoms with Crippen molar-refractivity contribution in [1.82, 2.24) is 24.7 Å². The van der Waals surface area contributed by atoms with Gasteiger partial charge in [-0.25, -0.2) is 14.4 Å². The molecule has 0 atom stereocenters. The van der Waals surface area contributed by atoms with Crippen LogP contribution in [0.1, 0.15) is 21.9 Å². The number of furan rings is 1. The van der Waals surface area contributed by atoms with Crippen molar-refractivity contribution in [2.24, 2.45) is 0 Å². The van der Waals surface area contributed by atoms with Crippen molar-refractivity contribution in [3.05, 3.63) is 71.8 Å². The van der Waals surface area contributed by atoms with E-state index in [1.54, 1.807) is 19.1 Å². The van der Waals surface area contributed by atoms with Gasteiger partial charge in [0.25, 0.3) is 0 Å². The second kappa shape index (κ2) is 6.80. The minimum absolute atomic E-state index is 0.0278. The average Bonchev–Trinajstić information content (AvgIpc) is 3.47. The predicted octanol–water partition coefficient (Wildman–Crippen LogP) is 3.49. The van der Waals surface area contributed by atoms with Gasteiger partial charge in [-0.05, 0) is 31.2 Å². The van der Waals surface area contributed by atoms with Crippen LogP contribution in [0.15, 0.2) is 53.3 Å². The number of H-pyrrole nitrogens is 1. The van der Waals surface area contributed by atoms with Gasteiger partial charge in [0.2, 0.25) is 11.7 Å². The molecule has 0 radical (unpaired) electrons. The number of aromatic amines is 1. The Kier molecular flexibility index (Phi) is 4.07. The molecule has 9 nitrogen and oxygen atoms in total. The molecule has 0 aliphatic carbocycles. The number of carbonyl (C=O) groups excluding carboxylic acids is 1. The number of aryl methyl sites for hydroxylation is 1. The van der Waals surface area contributed by atoms with Gasteiger partial charge >= 0.3 is 0 Å². The van der Waals surface area contributed by atoms with Crippen LogP contribution in [-0.4, -0.2) is 40.7 Å². The van der Waals surface area contributed by atoms with Crippen LogP contribution in [0.4, 0.5) is 4.39 Å². The van der Waals surface area contributed by atoms with Crippen molar-refractivity contribution in [2.45, 2.75) is 6.92 Å². The molecule has 3 N–H and O–H groups in total. The Balaban J connectivity index is 1.89. The molecule has 4 aromatic heterocycles. The van der Waals surface area contributed by atoms with Gasteiger partial charge < -0.3 is 14.6 Å². The molecule has 0 amide bonds. The van der Waals surface area contributed by atoms with Crippen LogP contribution >= 0.6 is 0 Å². The first kappa shape index (κ1) is 18.6. The lowest BCUT2D eigenvalue weighted by molar-refractivity contribution is 0.101. The van der Waals surface area contributed by atoms with E-state index in [0.29, 0.717) is 16.8 Å². The first-order chi connectivity index (χ1) is 15.0. The SMILES string of the molecule is Cc1ccc(C(=O)c2c(O)c(O)n(-c3ncnc4[nH]ncc34)c2-c2ccccc2F)o1. The van der Waals surface area contributed by atoms with Gasteiger partial charge in [-0.3, -0.25) is 14.5 Å². The molecular weight excluding hydrogens is 405 g/mol. The summed E-state index contributed by atoms with van der Waals surface area (Å²) in [4.78, 5) is 21.5. The Bertz CT molecular complexity index is 1470. The van der Waals surface area contributed by atoms with Gasteiger partial charge in [-0.15, -0.1) is 0 Å². The highest BCUT2D eigenvalue weighted by Gasteiger charge is 2.33. The molecule has 0 unspecified atom stereocenters. The lowest BCUT2D eigenvalue weighted by atomic mass is 10.0. The van der Waals surface area contributed by atoms with Crippen LogP contribution in [0, 0.1) is 12.7 Å². The summed E-state index contributed by atoms with van der Waals surface area (Å²) < 4.78 is 21.3. The van der Waals surface area contributed by atoms with Crippen molar-refractivity contribution in [3.8, 4) is 28.7 Å². The number of carbonyl (C=O) groups is 1. The summed E-state index contributed by atoms with van der Waals surface area (Å²) >= 11 is 0. The fourth-order valence-electron chi connectivity index (χ4n) is 3.49. The van der Waals surface area contributed by atoms with E-state index in [-0.39, 0.29) is 28.4 Å². The number of nitrogens with one attached hydrogen (secondary N) is 1. The van der Waals surface area contributed by atoms with Crippen molar-refractivity contribution in [2.75, 3.05) is 0 Å². The zero-order valence-corrected chi connectivity index (χ0v) is 16.0. The number of rotatable bonds is 4. The van der Waals surface area contributed by atoms with Crippen molar-refractivity contribution in [3.63, 3.8) is 0 Å². The van der Waals surface area contributed by atoms with E-state index in [1.807, 2.05) is 0 Å². The summed E-state index contributed by atoms with van der Waals surface area (Å²) in [5.41, 5.74) is -0.0906. The minimum Gasteiger partial charge on any atom is -0.503 e. The molecule has 0 saturated carbocycles. The summed E-state index contributed by atoms with van der Waals surface area (Å²) in [6.45, 7) is 1.66. The first-order valence-electron chi connectivity index (χ1n) is 9.14. The molecule has 4 heterocycles. The van der Waals surface area contributed by atoms with Crippen LogP contribution in [-0.2, 0) is 0 Å². The van der Waals surface area contributed by atoms with E-state index in [0.717, 1.165) is 4.57 Å². The van der Waals surface area contributed by atoms with Crippen molar-refractivity contribution in [1.29, 1.82) is 0 Å². The molecule has 5 aromatic rings. The summed E-state index contributed by atoms with van der Waals surface area (Å²) in [6.07, 6.45) is 2.64. The molecule has 0 fully saturated rings. The van der Waals surface area contributed by atoms with Crippen molar-refractivity contribution >= 4 is 16.8 Å².